The number of aromatic nitrogens is 2. The van der Waals surface area contributed by atoms with Gasteiger partial charge in [-0.15, -0.1) is 6.42 Å². The van der Waals surface area contributed by atoms with E-state index in [0.29, 0.717) is 30.5 Å². The Balaban J connectivity index is 1.63. The molecule has 4 rings (SSSR count). The molecule has 0 atom stereocenters. The quantitative estimate of drug-likeness (QED) is 0.384. The molecule has 1 aliphatic rings. The van der Waals surface area contributed by atoms with Crippen LogP contribution in [0.4, 0.5) is 24.8 Å². The summed E-state index contributed by atoms with van der Waals surface area (Å²) in [5, 5.41) is 0. The first-order valence-electron chi connectivity index (χ1n) is 12.4. The molecule has 0 radical (unpaired) electrons. The molecule has 2 N–H and O–H groups in total. The topological polar surface area (TPSA) is 87.8 Å². The van der Waals surface area contributed by atoms with Gasteiger partial charge >= 0.3 is 6.18 Å². The average molecular weight is 571 g/mol. The van der Waals surface area contributed by atoms with Gasteiger partial charge in [-0.3, -0.25) is 9.69 Å². The number of hydrogen-bond donors (Lipinski definition) is 1. The van der Waals surface area contributed by atoms with Crippen LogP contribution >= 0.6 is 11.8 Å². The van der Waals surface area contributed by atoms with Crippen molar-refractivity contribution in [3.8, 4) is 18.2 Å². The molecule has 0 aliphatic carbocycles. The zero-order valence-electron chi connectivity index (χ0n) is 22.1. The maximum Gasteiger partial charge on any atom is 0.417 e. The van der Waals surface area contributed by atoms with Gasteiger partial charge in [-0.05, 0) is 35.9 Å². The van der Waals surface area contributed by atoms with Gasteiger partial charge in [0, 0.05) is 50.9 Å². The lowest BCUT2D eigenvalue weighted by molar-refractivity contribution is -0.138. The van der Waals surface area contributed by atoms with E-state index >= 15 is 0 Å². The molecule has 1 fully saturated rings. The minimum Gasteiger partial charge on any atom is -0.472 e. The number of benzene rings is 2. The van der Waals surface area contributed by atoms with Crippen molar-refractivity contribution in [3.63, 3.8) is 0 Å². The number of nitrogens with two attached hydrogens (primary N) is 1. The number of carbonyl (C=O) groups excluding carboxylic acids is 1. The van der Waals surface area contributed by atoms with E-state index in [4.69, 9.17) is 16.9 Å². The summed E-state index contributed by atoms with van der Waals surface area (Å²) < 4.78 is 47.1. The van der Waals surface area contributed by atoms with Crippen molar-refractivity contribution in [3.05, 3.63) is 65.4 Å². The Kier molecular flexibility index (Phi) is 9.07. The third-order valence-corrected chi connectivity index (χ3v) is 7.26. The Bertz CT molecular complexity index is 1400. The van der Waals surface area contributed by atoms with Crippen LogP contribution in [0.5, 0.6) is 5.88 Å². The summed E-state index contributed by atoms with van der Waals surface area (Å²) in [7, 11) is 3.88. The molecule has 1 aliphatic heterocycles. The number of terminal acetylenes is 1. The molecule has 40 heavy (non-hydrogen) atoms. The molecule has 1 saturated heterocycles. The number of ether oxygens (including phenoxy) is 1. The monoisotopic (exact) mass is 570 g/mol. The molecule has 1 aromatic heterocycles. The van der Waals surface area contributed by atoms with E-state index in [1.807, 2.05) is 48.2 Å². The molecule has 2 aromatic carbocycles. The summed E-state index contributed by atoms with van der Waals surface area (Å²) in [5.74, 6) is 2.20. The van der Waals surface area contributed by atoms with Gasteiger partial charge in [-0.25, -0.2) is 4.98 Å². The Morgan fingerprint density at radius 1 is 1.18 bits per heavy atom. The van der Waals surface area contributed by atoms with E-state index in [-0.39, 0.29) is 17.4 Å². The number of carbonyl (C=O) groups is 1. The number of halogens is 3. The predicted molar refractivity (Wildman–Crippen MR) is 149 cm³/mol. The first kappa shape index (κ1) is 29.0. The summed E-state index contributed by atoms with van der Waals surface area (Å²) in [6.07, 6.45) is 2.22. The standard InChI is InChI=1S/C28H29F3N6O2S/c1-4-10-36-11-13-37(14-12-36)27-33-17-24(26(34-27)39-18-19-6-5-7-20(15-19)35(2)3)40-21-8-9-22(25(32)38)23(16-21)28(29,30)31/h1,5-9,15-17H,10-14,18H2,2-3H3,(H2,32,38). The van der Waals surface area contributed by atoms with Crippen LogP contribution in [0.15, 0.2) is 58.5 Å². The lowest BCUT2D eigenvalue weighted by atomic mass is 10.1. The Morgan fingerprint density at radius 3 is 2.58 bits per heavy atom. The van der Waals surface area contributed by atoms with Gasteiger partial charge in [0.2, 0.25) is 17.7 Å². The molecule has 0 unspecified atom stereocenters. The van der Waals surface area contributed by atoms with Crippen molar-refractivity contribution in [2.75, 3.05) is 56.6 Å². The number of alkyl halides is 3. The summed E-state index contributed by atoms with van der Waals surface area (Å²) in [4.78, 5) is 27.5. The molecule has 0 saturated carbocycles. The summed E-state index contributed by atoms with van der Waals surface area (Å²) in [5.41, 5.74) is 5.37. The van der Waals surface area contributed by atoms with Crippen LogP contribution in [0.3, 0.4) is 0 Å². The largest absolute Gasteiger partial charge is 0.472 e. The van der Waals surface area contributed by atoms with Crippen LogP contribution in [-0.4, -0.2) is 67.6 Å². The predicted octanol–water partition coefficient (Wildman–Crippen LogP) is 4.15. The van der Waals surface area contributed by atoms with Gasteiger partial charge in [0.15, 0.2) is 0 Å². The van der Waals surface area contributed by atoms with Gasteiger partial charge in [0.05, 0.1) is 28.8 Å². The molecule has 2 heterocycles. The summed E-state index contributed by atoms with van der Waals surface area (Å²) >= 11 is 1.01. The molecule has 8 nitrogen and oxygen atoms in total. The van der Waals surface area contributed by atoms with Gasteiger partial charge < -0.3 is 20.3 Å². The van der Waals surface area contributed by atoms with Crippen LogP contribution in [0.1, 0.15) is 21.5 Å². The minimum absolute atomic E-state index is 0.191. The zero-order chi connectivity index (χ0) is 28.9. The minimum atomic E-state index is -4.75. The molecule has 3 aromatic rings. The van der Waals surface area contributed by atoms with Crippen LogP contribution < -0.4 is 20.3 Å². The second kappa shape index (κ2) is 12.5. The van der Waals surface area contributed by atoms with Gasteiger partial charge in [-0.2, -0.15) is 18.2 Å². The number of amides is 1. The second-order valence-corrected chi connectivity index (χ2v) is 10.4. The number of anilines is 2. The maximum absolute atomic E-state index is 13.6. The van der Waals surface area contributed by atoms with E-state index in [2.05, 4.69) is 20.8 Å². The van der Waals surface area contributed by atoms with Crippen molar-refractivity contribution in [1.82, 2.24) is 14.9 Å². The molecule has 1 amide bonds. The van der Waals surface area contributed by atoms with E-state index in [1.165, 1.54) is 6.07 Å². The fourth-order valence-corrected chi connectivity index (χ4v) is 5.01. The fourth-order valence-electron chi connectivity index (χ4n) is 4.15. The van der Waals surface area contributed by atoms with Gasteiger partial charge in [0.25, 0.3) is 0 Å². The van der Waals surface area contributed by atoms with Gasteiger partial charge in [-0.1, -0.05) is 29.8 Å². The number of primary amides is 1. The maximum atomic E-state index is 13.6. The van der Waals surface area contributed by atoms with E-state index < -0.39 is 23.2 Å². The lowest BCUT2D eigenvalue weighted by Gasteiger charge is -2.33. The number of nitrogens with zero attached hydrogens (tertiary/aromatic N) is 5. The normalized spacial score (nSPS) is 14.1. The smallest absolute Gasteiger partial charge is 0.417 e. The summed E-state index contributed by atoms with van der Waals surface area (Å²) in [6.45, 7) is 3.60. The number of hydrogen-bond acceptors (Lipinski definition) is 8. The second-order valence-electron chi connectivity index (χ2n) is 9.33. The Labute approximate surface area is 235 Å². The highest BCUT2D eigenvalue weighted by molar-refractivity contribution is 7.99. The summed E-state index contributed by atoms with van der Waals surface area (Å²) in [6, 6.07) is 11.2. The molecule has 12 heteroatoms. The first-order valence-corrected chi connectivity index (χ1v) is 13.2. The van der Waals surface area contributed by atoms with Crippen molar-refractivity contribution in [1.29, 1.82) is 0 Å². The average Bonchev–Trinajstić information content (AvgIpc) is 2.92. The lowest BCUT2D eigenvalue weighted by Crippen LogP contribution is -2.47. The third kappa shape index (κ3) is 7.16. The fraction of sp³-hybridized carbons (Fsp3) is 0.321. The van der Waals surface area contributed by atoms with Crippen LogP contribution in [0.2, 0.25) is 0 Å². The first-order chi connectivity index (χ1) is 19.0. The zero-order valence-corrected chi connectivity index (χ0v) is 22.9. The highest BCUT2D eigenvalue weighted by atomic mass is 32.2. The van der Waals surface area contributed by atoms with E-state index in [1.54, 1.807) is 6.20 Å². The molecule has 0 spiro atoms. The SMILES string of the molecule is C#CCN1CCN(c2ncc(Sc3ccc(C(N)=O)c(C(F)(F)F)c3)c(OCc3cccc(N(C)C)c3)n2)CC1. The van der Waals surface area contributed by atoms with Crippen molar-refractivity contribution < 1.29 is 22.7 Å². The third-order valence-electron chi connectivity index (χ3n) is 6.27. The molecule has 0 bridgehead atoms. The van der Waals surface area contributed by atoms with Crippen LogP contribution in [-0.2, 0) is 12.8 Å². The van der Waals surface area contributed by atoms with Crippen molar-refractivity contribution in [2.24, 2.45) is 5.73 Å². The van der Waals surface area contributed by atoms with Crippen LogP contribution in [0.25, 0.3) is 0 Å². The highest BCUT2D eigenvalue weighted by Crippen LogP contribution is 2.39. The Morgan fingerprint density at radius 2 is 1.93 bits per heavy atom. The number of piperazine rings is 1. The number of rotatable bonds is 9. The molecular weight excluding hydrogens is 541 g/mol. The highest BCUT2D eigenvalue weighted by Gasteiger charge is 2.35. The van der Waals surface area contributed by atoms with E-state index in [0.717, 1.165) is 48.2 Å². The Hall–Kier alpha value is -3.95. The van der Waals surface area contributed by atoms with Crippen molar-refractivity contribution >= 4 is 29.3 Å². The van der Waals surface area contributed by atoms with E-state index in [9.17, 15) is 18.0 Å². The molecular formula is C28H29F3N6O2S. The van der Waals surface area contributed by atoms with Gasteiger partial charge in [0.1, 0.15) is 6.61 Å². The van der Waals surface area contributed by atoms with Crippen molar-refractivity contribution in [2.45, 2.75) is 22.6 Å². The van der Waals surface area contributed by atoms with Crippen LogP contribution in [0, 0.1) is 12.3 Å². The molecule has 210 valence electrons.